The standard InChI is InChI=1S/C19H20F2I2O2/c1-9-4-12(20)7-14(22)17(9)16(24)6-11(3)19(25)18-10(2)5-13(21)8-15(18)23/h4-5,7-8,11,16,19,24-25H,6H2,1-3H3. The maximum atomic E-state index is 13.5. The first-order valence-electron chi connectivity index (χ1n) is 7.89. The molecule has 136 valence electrons. The molecule has 2 nitrogen and oxygen atoms in total. The Morgan fingerprint density at radius 1 is 0.880 bits per heavy atom. The smallest absolute Gasteiger partial charge is 0.124 e. The van der Waals surface area contributed by atoms with Gasteiger partial charge in [-0.1, -0.05) is 6.92 Å². The molecule has 0 aliphatic rings. The van der Waals surface area contributed by atoms with Crippen LogP contribution < -0.4 is 0 Å². The summed E-state index contributed by atoms with van der Waals surface area (Å²) in [4.78, 5) is 0. The second kappa shape index (κ2) is 8.58. The summed E-state index contributed by atoms with van der Waals surface area (Å²) < 4.78 is 28.2. The van der Waals surface area contributed by atoms with E-state index in [0.29, 0.717) is 35.8 Å². The molecule has 0 aromatic heterocycles. The number of hydrogen-bond donors (Lipinski definition) is 2. The maximum absolute atomic E-state index is 13.5. The predicted molar refractivity (Wildman–Crippen MR) is 111 cm³/mol. The first kappa shape index (κ1) is 21.0. The van der Waals surface area contributed by atoms with Gasteiger partial charge in [0, 0.05) is 7.14 Å². The van der Waals surface area contributed by atoms with Gasteiger partial charge in [0.05, 0.1) is 12.2 Å². The average Bonchev–Trinajstić information content (AvgIpc) is 2.44. The second-order valence-electron chi connectivity index (χ2n) is 6.41. The number of benzene rings is 2. The van der Waals surface area contributed by atoms with Crippen molar-refractivity contribution in [3.05, 3.63) is 65.3 Å². The molecule has 0 aliphatic heterocycles. The van der Waals surface area contributed by atoms with Gasteiger partial charge < -0.3 is 10.2 Å². The van der Waals surface area contributed by atoms with Crippen LogP contribution in [-0.2, 0) is 0 Å². The molecule has 2 aromatic carbocycles. The topological polar surface area (TPSA) is 40.5 Å². The normalized spacial score (nSPS) is 15.1. The van der Waals surface area contributed by atoms with Crippen molar-refractivity contribution in [1.29, 1.82) is 0 Å². The highest BCUT2D eigenvalue weighted by atomic mass is 127. The van der Waals surface area contributed by atoms with Crippen molar-refractivity contribution in [3.8, 4) is 0 Å². The Morgan fingerprint density at radius 2 is 1.32 bits per heavy atom. The molecule has 0 aliphatic carbocycles. The fourth-order valence-electron chi connectivity index (χ4n) is 3.11. The van der Waals surface area contributed by atoms with Gasteiger partial charge in [-0.25, -0.2) is 8.78 Å². The summed E-state index contributed by atoms with van der Waals surface area (Å²) >= 11 is 4.03. The van der Waals surface area contributed by atoms with Crippen LogP contribution in [0.5, 0.6) is 0 Å². The largest absolute Gasteiger partial charge is 0.388 e. The van der Waals surface area contributed by atoms with Crippen LogP contribution in [-0.4, -0.2) is 10.2 Å². The van der Waals surface area contributed by atoms with Gasteiger partial charge in [-0.15, -0.1) is 0 Å². The van der Waals surface area contributed by atoms with Crippen LogP contribution >= 0.6 is 45.2 Å². The van der Waals surface area contributed by atoms with E-state index in [1.807, 2.05) is 52.1 Å². The van der Waals surface area contributed by atoms with Gasteiger partial charge in [0.15, 0.2) is 0 Å². The monoisotopic (exact) mass is 572 g/mol. The van der Waals surface area contributed by atoms with Crippen molar-refractivity contribution in [2.24, 2.45) is 5.92 Å². The van der Waals surface area contributed by atoms with E-state index in [1.165, 1.54) is 24.3 Å². The van der Waals surface area contributed by atoms with Crippen LogP contribution in [0.4, 0.5) is 8.78 Å². The van der Waals surface area contributed by atoms with Crippen molar-refractivity contribution in [3.63, 3.8) is 0 Å². The SMILES string of the molecule is Cc1cc(F)cc(I)c1C(O)CC(C)C(O)c1c(C)cc(F)cc1I. The number of halogens is 4. The van der Waals surface area contributed by atoms with Crippen LogP contribution in [0.1, 0.15) is 47.8 Å². The Bertz CT molecular complexity index is 734. The van der Waals surface area contributed by atoms with Gasteiger partial charge in [-0.3, -0.25) is 0 Å². The lowest BCUT2D eigenvalue weighted by Crippen LogP contribution is -2.16. The fourth-order valence-corrected chi connectivity index (χ4v) is 5.23. The van der Waals surface area contributed by atoms with Crippen LogP contribution in [0.15, 0.2) is 24.3 Å². The van der Waals surface area contributed by atoms with Crippen molar-refractivity contribution in [2.75, 3.05) is 0 Å². The van der Waals surface area contributed by atoms with Crippen LogP contribution in [0.25, 0.3) is 0 Å². The van der Waals surface area contributed by atoms with Crippen LogP contribution in [0.2, 0.25) is 0 Å². The highest BCUT2D eigenvalue weighted by Gasteiger charge is 2.25. The Balaban J connectivity index is 2.23. The summed E-state index contributed by atoms with van der Waals surface area (Å²) in [5.74, 6) is -0.919. The minimum Gasteiger partial charge on any atom is -0.388 e. The van der Waals surface area contributed by atoms with E-state index in [0.717, 1.165) is 0 Å². The van der Waals surface area contributed by atoms with Gasteiger partial charge in [0.2, 0.25) is 0 Å². The molecule has 0 spiro atoms. The van der Waals surface area contributed by atoms with Gasteiger partial charge >= 0.3 is 0 Å². The van der Waals surface area contributed by atoms with E-state index < -0.39 is 12.2 Å². The highest BCUT2D eigenvalue weighted by Crippen LogP contribution is 2.36. The van der Waals surface area contributed by atoms with E-state index in [-0.39, 0.29) is 17.6 Å². The van der Waals surface area contributed by atoms with E-state index >= 15 is 0 Å². The molecule has 3 atom stereocenters. The average molecular weight is 572 g/mol. The highest BCUT2D eigenvalue weighted by molar-refractivity contribution is 14.1. The zero-order valence-corrected chi connectivity index (χ0v) is 18.5. The molecule has 0 fully saturated rings. The summed E-state index contributed by atoms with van der Waals surface area (Å²) in [6.45, 7) is 5.37. The summed E-state index contributed by atoms with van der Waals surface area (Å²) in [5, 5.41) is 21.3. The van der Waals surface area contributed by atoms with Crippen LogP contribution in [0.3, 0.4) is 0 Å². The maximum Gasteiger partial charge on any atom is 0.124 e. The summed E-state index contributed by atoms with van der Waals surface area (Å²) in [6, 6.07) is 5.58. The molecule has 0 bridgehead atoms. The summed E-state index contributed by atoms with van der Waals surface area (Å²) in [5.41, 5.74) is 2.75. The molecule has 2 N–H and O–H groups in total. The molecule has 0 amide bonds. The third-order valence-corrected chi connectivity index (χ3v) is 6.15. The number of aryl methyl sites for hydroxylation is 2. The third-order valence-electron chi connectivity index (χ3n) is 4.37. The third kappa shape index (κ3) is 4.90. The Labute approximate surface area is 173 Å². The van der Waals surface area contributed by atoms with Crippen molar-refractivity contribution in [2.45, 2.75) is 39.4 Å². The van der Waals surface area contributed by atoms with E-state index in [4.69, 9.17) is 0 Å². The minimum atomic E-state index is -0.819. The van der Waals surface area contributed by atoms with Crippen molar-refractivity contribution in [1.82, 2.24) is 0 Å². The molecule has 2 rings (SSSR count). The van der Waals surface area contributed by atoms with Crippen molar-refractivity contribution >= 4 is 45.2 Å². The predicted octanol–water partition coefficient (Wildman–Crippen LogP) is 5.58. The van der Waals surface area contributed by atoms with Crippen molar-refractivity contribution < 1.29 is 19.0 Å². The van der Waals surface area contributed by atoms with Gasteiger partial charge in [0.25, 0.3) is 0 Å². The number of aliphatic hydroxyl groups excluding tert-OH is 2. The molecular formula is C19H20F2I2O2. The molecular weight excluding hydrogens is 552 g/mol. The zero-order chi connectivity index (χ0) is 18.9. The number of hydrogen-bond acceptors (Lipinski definition) is 2. The lowest BCUT2D eigenvalue weighted by molar-refractivity contribution is 0.0674. The van der Waals surface area contributed by atoms with Crippen LogP contribution in [0, 0.1) is 38.5 Å². The van der Waals surface area contributed by atoms with Gasteiger partial charge in [0.1, 0.15) is 11.6 Å². The lowest BCUT2D eigenvalue weighted by atomic mass is 9.87. The first-order valence-corrected chi connectivity index (χ1v) is 10.0. The molecule has 2 aromatic rings. The zero-order valence-electron chi connectivity index (χ0n) is 14.2. The van der Waals surface area contributed by atoms with Gasteiger partial charge in [-0.05, 0) is 118 Å². The van der Waals surface area contributed by atoms with Gasteiger partial charge in [-0.2, -0.15) is 0 Å². The second-order valence-corrected chi connectivity index (χ2v) is 8.73. The summed E-state index contributed by atoms with van der Waals surface area (Å²) in [6.07, 6.45) is -1.31. The Morgan fingerprint density at radius 3 is 1.76 bits per heavy atom. The Kier molecular flexibility index (Phi) is 7.20. The molecule has 0 saturated carbocycles. The molecule has 25 heavy (non-hydrogen) atoms. The quantitative estimate of drug-likeness (QED) is 0.460. The van der Waals surface area contributed by atoms with E-state index in [9.17, 15) is 19.0 Å². The Hall–Kier alpha value is -0.320. The number of aliphatic hydroxyl groups is 2. The first-order chi connectivity index (χ1) is 11.6. The molecule has 6 heteroatoms. The molecule has 0 radical (unpaired) electrons. The minimum absolute atomic E-state index is 0.257. The molecule has 3 unspecified atom stereocenters. The summed E-state index contributed by atoms with van der Waals surface area (Å²) in [7, 11) is 0. The lowest BCUT2D eigenvalue weighted by Gasteiger charge is -2.25. The fraction of sp³-hybridized carbons (Fsp3) is 0.368. The molecule has 0 saturated heterocycles. The van der Waals surface area contributed by atoms with E-state index in [2.05, 4.69) is 0 Å². The molecule has 0 heterocycles. The number of rotatable bonds is 5. The van der Waals surface area contributed by atoms with E-state index in [1.54, 1.807) is 13.8 Å².